The van der Waals surface area contributed by atoms with Crippen LogP contribution in [0.2, 0.25) is 0 Å². The molecule has 6 heteroatoms. The highest BCUT2D eigenvalue weighted by Crippen LogP contribution is 2.32. The number of aryl methyl sites for hydroxylation is 2. The minimum Gasteiger partial charge on any atom is -0.340 e. The number of carbonyl (C=O) groups is 2. The van der Waals surface area contributed by atoms with E-state index in [1.807, 2.05) is 90.8 Å². The lowest BCUT2D eigenvalue weighted by Gasteiger charge is -2.23. The van der Waals surface area contributed by atoms with Crippen molar-refractivity contribution in [3.63, 3.8) is 0 Å². The van der Waals surface area contributed by atoms with Crippen LogP contribution in [-0.2, 0) is 19.5 Å². The molecule has 0 atom stereocenters. The number of nitrogens with zero attached hydrogens (tertiary/aromatic N) is 4. The van der Waals surface area contributed by atoms with Gasteiger partial charge in [0.15, 0.2) is 0 Å². The lowest BCUT2D eigenvalue weighted by molar-refractivity contribution is 0.0785. The molecule has 2 amide bonds. The molecule has 0 radical (unpaired) electrons. The molecule has 0 unspecified atom stereocenters. The first kappa shape index (κ1) is 27.2. The van der Waals surface area contributed by atoms with Crippen LogP contribution < -0.4 is 4.90 Å². The second-order valence-corrected chi connectivity index (χ2v) is 11.0. The largest absolute Gasteiger partial charge is 0.340 e. The number of para-hydroxylation sites is 1. The number of aromatic nitrogens is 2. The minimum absolute atomic E-state index is 0.0446. The summed E-state index contributed by atoms with van der Waals surface area (Å²) < 4.78 is 2.05. The van der Waals surface area contributed by atoms with Gasteiger partial charge in [-0.15, -0.1) is 0 Å². The van der Waals surface area contributed by atoms with Crippen LogP contribution in [0.25, 0.3) is 11.1 Å². The monoisotopic (exact) mass is 554 g/mol. The van der Waals surface area contributed by atoms with E-state index >= 15 is 0 Å². The molecule has 3 heterocycles. The van der Waals surface area contributed by atoms with Gasteiger partial charge in [0.25, 0.3) is 11.8 Å². The van der Waals surface area contributed by atoms with E-state index < -0.39 is 0 Å². The summed E-state index contributed by atoms with van der Waals surface area (Å²) in [5, 5.41) is 0. The number of benzene rings is 3. The Bertz CT molecular complexity index is 1770. The van der Waals surface area contributed by atoms with Crippen molar-refractivity contribution in [2.75, 3.05) is 18.5 Å². The normalized spacial score (nSPS) is 12.3. The Morgan fingerprint density at radius 3 is 2.36 bits per heavy atom. The highest BCUT2D eigenvalue weighted by molar-refractivity contribution is 6.07. The van der Waals surface area contributed by atoms with Crippen LogP contribution in [0.15, 0.2) is 103 Å². The van der Waals surface area contributed by atoms with Crippen LogP contribution in [0.5, 0.6) is 0 Å². The number of pyridine rings is 1. The molecule has 1 aliphatic heterocycles. The van der Waals surface area contributed by atoms with Gasteiger partial charge in [-0.1, -0.05) is 54.6 Å². The topological polar surface area (TPSA) is 58.4 Å². The van der Waals surface area contributed by atoms with Crippen LogP contribution in [-0.4, -0.2) is 39.9 Å². The fourth-order valence-electron chi connectivity index (χ4n) is 5.78. The molecule has 6 nitrogen and oxygen atoms in total. The van der Waals surface area contributed by atoms with Crippen molar-refractivity contribution in [3.8, 4) is 11.1 Å². The van der Waals surface area contributed by atoms with Gasteiger partial charge in [-0.05, 0) is 84.1 Å². The second-order valence-electron chi connectivity index (χ2n) is 11.0. The summed E-state index contributed by atoms with van der Waals surface area (Å²) in [6, 6.07) is 31.9. The minimum atomic E-state index is -0.0584. The average molecular weight is 555 g/mol. The lowest BCUT2D eigenvalue weighted by Crippen LogP contribution is -2.31. The highest BCUT2D eigenvalue weighted by atomic mass is 16.2. The number of fused-ring (bicyclic) bond motifs is 2. The Morgan fingerprint density at radius 2 is 1.57 bits per heavy atom. The van der Waals surface area contributed by atoms with Crippen molar-refractivity contribution in [2.45, 2.75) is 33.4 Å². The van der Waals surface area contributed by atoms with Crippen LogP contribution in [0.1, 0.15) is 48.9 Å². The number of likely N-dealkylation sites (N-methyl/N-ethyl adjacent to an activating group) is 1. The van der Waals surface area contributed by atoms with E-state index in [0.29, 0.717) is 37.3 Å². The zero-order valence-electron chi connectivity index (χ0n) is 24.2. The predicted octanol–water partition coefficient (Wildman–Crippen LogP) is 6.69. The van der Waals surface area contributed by atoms with E-state index in [-0.39, 0.29) is 11.8 Å². The molecule has 0 aliphatic carbocycles. The molecule has 0 saturated carbocycles. The van der Waals surface area contributed by atoms with Gasteiger partial charge in [0.1, 0.15) is 5.69 Å². The molecular formula is C36H34N4O2. The molecule has 0 saturated heterocycles. The van der Waals surface area contributed by atoms with Crippen LogP contribution >= 0.6 is 0 Å². The fraction of sp³-hybridized carbons (Fsp3) is 0.194. The number of hydrogen-bond acceptors (Lipinski definition) is 3. The summed E-state index contributed by atoms with van der Waals surface area (Å²) in [6.45, 7) is 5.62. The first-order chi connectivity index (χ1) is 20.4. The molecule has 3 aromatic carbocycles. The van der Waals surface area contributed by atoms with E-state index in [4.69, 9.17) is 0 Å². The SMILES string of the molecule is Cc1ccccc1-c1ccc(C(=O)N2Cc3ccc(C(=O)N(C)CCc4ccccn4)n3Cc3ccccc32)cc1C. The van der Waals surface area contributed by atoms with Gasteiger partial charge >= 0.3 is 0 Å². The smallest absolute Gasteiger partial charge is 0.270 e. The van der Waals surface area contributed by atoms with E-state index in [9.17, 15) is 9.59 Å². The molecule has 5 aromatic rings. The summed E-state index contributed by atoms with van der Waals surface area (Å²) in [7, 11) is 1.83. The zero-order chi connectivity index (χ0) is 29.2. The van der Waals surface area contributed by atoms with Crippen LogP contribution in [0, 0.1) is 13.8 Å². The van der Waals surface area contributed by atoms with Crippen molar-refractivity contribution in [1.29, 1.82) is 0 Å². The van der Waals surface area contributed by atoms with E-state index in [2.05, 4.69) is 41.6 Å². The molecule has 6 rings (SSSR count). The van der Waals surface area contributed by atoms with Crippen molar-refractivity contribution in [1.82, 2.24) is 14.5 Å². The summed E-state index contributed by atoms with van der Waals surface area (Å²) in [6.07, 6.45) is 2.46. The van der Waals surface area contributed by atoms with Crippen LogP contribution in [0.3, 0.4) is 0 Å². The summed E-state index contributed by atoms with van der Waals surface area (Å²) >= 11 is 0. The van der Waals surface area contributed by atoms with Gasteiger partial charge in [-0.25, -0.2) is 0 Å². The molecule has 42 heavy (non-hydrogen) atoms. The maximum Gasteiger partial charge on any atom is 0.270 e. The number of anilines is 1. The van der Waals surface area contributed by atoms with Gasteiger partial charge < -0.3 is 14.4 Å². The van der Waals surface area contributed by atoms with Gasteiger partial charge in [0.2, 0.25) is 0 Å². The molecular weight excluding hydrogens is 520 g/mol. The first-order valence-corrected chi connectivity index (χ1v) is 14.3. The Kier molecular flexibility index (Phi) is 7.44. The van der Waals surface area contributed by atoms with Crippen molar-refractivity contribution in [3.05, 3.63) is 143 Å². The summed E-state index contributed by atoms with van der Waals surface area (Å²) in [4.78, 5) is 35.6. The molecule has 0 fully saturated rings. The average Bonchev–Trinajstić information content (AvgIpc) is 3.32. The molecule has 2 aromatic heterocycles. The summed E-state index contributed by atoms with van der Waals surface area (Å²) in [5.41, 5.74) is 9.58. The maximum absolute atomic E-state index is 14.1. The Morgan fingerprint density at radius 1 is 0.810 bits per heavy atom. The van der Waals surface area contributed by atoms with Crippen molar-refractivity contribution < 1.29 is 9.59 Å². The second kappa shape index (κ2) is 11.5. The Balaban J connectivity index is 1.28. The number of amides is 2. The number of hydrogen-bond donors (Lipinski definition) is 0. The van der Waals surface area contributed by atoms with Gasteiger partial charge in [0, 0.05) is 48.8 Å². The fourth-order valence-corrected chi connectivity index (χ4v) is 5.78. The van der Waals surface area contributed by atoms with Gasteiger partial charge in [-0.2, -0.15) is 0 Å². The third-order valence-electron chi connectivity index (χ3n) is 8.15. The predicted molar refractivity (Wildman–Crippen MR) is 167 cm³/mol. The van der Waals surface area contributed by atoms with Crippen LogP contribution in [0.4, 0.5) is 5.69 Å². The molecule has 1 aliphatic rings. The third kappa shape index (κ3) is 5.23. The third-order valence-corrected chi connectivity index (χ3v) is 8.15. The Hall–Kier alpha value is -4.97. The highest BCUT2D eigenvalue weighted by Gasteiger charge is 2.28. The van der Waals surface area contributed by atoms with Crippen molar-refractivity contribution >= 4 is 17.5 Å². The molecule has 0 spiro atoms. The quantitative estimate of drug-likeness (QED) is 0.235. The molecule has 0 bridgehead atoms. The molecule has 0 N–H and O–H groups in total. The van der Waals surface area contributed by atoms with E-state index in [1.54, 1.807) is 11.1 Å². The zero-order valence-corrected chi connectivity index (χ0v) is 24.2. The van der Waals surface area contributed by atoms with Gasteiger partial charge in [-0.3, -0.25) is 14.6 Å². The molecule has 210 valence electrons. The van der Waals surface area contributed by atoms with Crippen molar-refractivity contribution in [2.24, 2.45) is 0 Å². The standard InChI is InChI=1S/C36H34N4O2/c1-25-10-4-6-13-31(25)32-17-15-27(22-26(32)2)35(41)40-24-30-16-18-34(39(30)23-28-11-5-7-14-33(28)40)36(42)38(3)21-19-29-12-8-9-20-37-29/h4-18,20,22H,19,21,23-24H2,1-3H3. The summed E-state index contributed by atoms with van der Waals surface area (Å²) in [5.74, 6) is -0.103. The van der Waals surface area contributed by atoms with E-state index in [0.717, 1.165) is 33.8 Å². The lowest BCUT2D eigenvalue weighted by atomic mass is 9.95. The number of carbonyl (C=O) groups excluding carboxylic acids is 2. The van der Waals surface area contributed by atoms with E-state index in [1.165, 1.54) is 11.1 Å². The maximum atomic E-state index is 14.1. The number of rotatable bonds is 6. The first-order valence-electron chi connectivity index (χ1n) is 14.3. The Labute approximate surface area is 246 Å². The van der Waals surface area contributed by atoms with Gasteiger partial charge in [0.05, 0.1) is 13.1 Å².